The number of ether oxygens (including phenoxy) is 2. The first-order chi connectivity index (χ1) is 13.0. The fraction of sp³-hybridized carbons (Fsp3) is 0.300. The maximum atomic E-state index is 12.6. The van der Waals surface area contributed by atoms with Gasteiger partial charge in [-0.05, 0) is 30.2 Å². The van der Waals surface area contributed by atoms with E-state index in [0.29, 0.717) is 29.9 Å². The molecule has 2 amide bonds. The molecule has 0 spiro atoms. The van der Waals surface area contributed by atoms with Gasteiger partial charge in [0, 0.05) is 29.3 Å². The average Bonchev–Trinajstić information content (AvgIpc) is 2.65. The summed E-state index contributed by atoms with van der Waals surface area (Å²) in [4.78, 5) is 25.9. The molecule has 1 N–H and O–H groups in total. The summed E-state index contributed by atoms with van der Waals surface area (Å²) in [6, 6.07) is 15.9. The van der Waals surface area contributed by atoms with Gasteiger partial charge in [0.15, 0.2) is 0 Å². The van der Waals surface area contributed by atoms with Gasteiger partial charge in [-0.15, -0.1) is 0 Å². The topological polar surface area (TPSA) is 67.9 Å². The normalized spacial score (nSPS) is 10.4. The predicted octanol–water partition coefficient (Wildman–Crippen LogP) is 5.29. The van der Waals surface area contributed by atoms with Gasteiger partial charge < -0.3 is 9.47 Å². The van der Waals surface area contributed by atoms with Gasteiger partial charge in [0.2, 0.25) is 0 Å². The predicted molar refractivity (Wildman–Crippen MR) is 110 cm³/mol. The van der Waals surface area contributed by atoms with E-state index in [2.05, 4.69) is 21.2 Å². The quantitative estimate of drug-likeness (QED) is 0.600. The van der Waals surface area contributed by atoms with Crippen molar-refractivity contribution in [2.75, 3.05) is 28.7 Å². The third kappa shape index (κ3) is 6.94. The van der Waals surface area contributed by atoms with E-state index in [9.17, 15) is 9.59 Å². The lowest BCUT2D eigenvalue weighted by molar-refractivity contribution is 0.147. The number of benzene rings is 2. The lowest BCUT2D eigenvalue weighted by Gasteiger charge is -2.21. The fourth-order valence-corrected chi connectivity index (χ4v) is 2.56. The Balaban J connectivity index is 2.03. The molecule has 0 fully saturated rings. The molecule has 6 nitrogen and oxygen atoms in total. The summed E-state index contributed by atoms with van der Waals surface area (Å²) in [6.45, 7) is 4.71. The van der Waals surface area contributed by atoms with Crippen molar-refractivity contribution in [3.63, 3.8) is 0 Å². The van der Waals surface area contributed by atoms with Gasteiger partial charge in [-0.25, -0.2) is 9.59 Å². The Morgan fingerprint density at radius 2 is 1.85 bits per heavy atom. The third-order valence-corrected chi connectivity index (χ3v) is 3.78. The Morgan fingerprint density at radius 3 is 2.52 bits per heavy atom. The molecule has 0 aliphatic heterocycles. The van der Waals surface area contributed by atoms with E-state index in [4.69, 9.17) is 9.47 Å². The Hall–Kier alpha value is -2.54. The molecule has 0 saturated carbocycles. The fourth-order valence-electron chi connectivity index (χ4n) is 2.21. The van der Waals surface area contributed by atoms with Crippen molar-refractivity contribution in [1.82, 2.24) is 0 Å². The van der Waals surface area contributed by atoms with Crippen LogP contribution < -0.4 is 15.0 Å². The van der Waals surface area contributed by atoms with Gasteiger partial charge in [-0.1, -0.05) is 54.0 Å². The molecule has 2 rings (SSSR count). The van der Waals surface area contributed by atoms with Crippen molar-refractivity contribution in [2.45, 2.75) is 13.8 Å². The summed E-state index contributed by atoms with van der Waals surface area (Å²) in [5.41, 5.74) is 1.23. The van der Waals surface area contributed by atoms with Crippen LogP contribution in [0.3, 0.4) is 0 Å². The first kappa shape index (κ1) is 20.8. The number of anilines is 2. The molecule has 0 saturated heterocycles. The summed E-state index contributed by atoms with van der Waals surface area (Å²) < 4.78 is 10.6. The van der Waals surface area contributed by atoms with Crippen LogP contribution in [0.15, 0.2) is 54.6 Å². The molecular formula is C20H23BrN2O4. The van der Waals surface area contributed by atoms with Gasteiger partial charge in [-0.2, -0.15) is 0 Å². The van der Waals surface area contributed by atoms with Crippen LogP contribution in [-0.4, -0.2) is 30.7 Å². The van der Waals surface area contributed by atoms with Crippen LogP contribution in [0.2, 0.25) is 0 Å². The van der Waals surface area contributed by atoms with Gasteiger partial charge in [0.05, 0.1) is 6.61 Å². The summed E-state index contributed by atoms with van der Waals surface area (Å²) in [6.07, 6.45) is -1.04. The molecule has 0 heterocycles. The van der Waals surface area contributed by atoms with Crippen LogP contribution in [0.1, 0.15) is 13.8 Å². The first-order valence-corrected chi connectivity index (χ1v) is 9.76. The first-order valence-electron chi connectivity index (χ1n) is 8.63. The largest absolute Gasteiger partial charge is 0.449 e. The maximum absolute atomic E-state index is 12.6. The van der Waals surface area contributed by atoms with Crippen LogP contribution >= 0.6 is 15.9 Å². The standard InChI is InChI=1S/C20H23BrN2O4/c1-15(2)14-26-19(24)22-16-7-6-10-18(13-16)27-20(25)23(12-11-21)17-8-4-3-5-9-17/h3-10,13,15H,11-12,14H2,1-2H3,(H,22,24). The third-order valence-electron chi connectivity index (χ3n) is 3.43. The van der Waals surface area contributed by atoms with Crippen molar-refractivity contribution in [1.29, 1.82) is 0 Å². The average molecular weight is 435 g/mol. The molecule has 0 radical (unpaired) electrons. The lowest BCUT2D eigenvalue weighted by Crippen LogP contribution is -2.35. The van der Waals surface area contributed by atoms with Crippen molar-refractivity contribution < 1.29 is 19.1 Å². The van der Waals surface area contributed by atoms with Crippen LogP contribution in [0, 0.1) is 5.92 Å². The molecule has 0 unspecified atom stereocenters. The van der Waals surface area contributed by atoms with E-state index in [1.807, 2.05) is 44.2 Å². The van der Waals surface area contributed by atoms with Gasteiger partial charge in [0.1, 0.15) is 5.75 Å². The van der Waals surface area contributed by atoms with E-state index in [1.54, 1.807) is 24.3 Å². The number of halogens is 1. The van der Waals surface area contributed by atoms with E-state index in [1.165, 1.54) is 4.90 Å². The monoisotopic (exact) mass is 434 g/mol. The Morgan fingerprint density at radius 1 is 1.11 bits per heavy atom. The summed E-state index contributed by atoms with van der Waals surface area (Å²) in [5, 5.41) is 3.23. The number of carbonyl (C=O) groups excluding carboxylic acids is 2. The van der Waals surface area contributed by atoms with E-state index in [0.717, 1.165) is 5.69 Å². The van der Waals surface area contributed by atoms with E-state index in [-0.39, 0.29) is 5.92 Å². The zero-order valence-electron chi connectivity index (χ0n) is 15.4. The highest BCUT2D eigenvalue weighted by Crippen LogP contribution is 2.21. The summed E-state index contributed by atoms with van der Waals surface area (Å²) in [5.74, 6) is 0.582. The van der Waals surface area contributed by atoms with Crippen LogP contribution in [0.25, 0.3) is 0 Å². The number of para-hydroxylation sites is 1. The van der Waals surface area contributed by atoms with Gasteiger partial charge in [-0.3, -0.25) is 10.2 Å². The highest BCUT2D eigenvalue weighted by Gasteiger charge is 2.17. The number of nitrogens with zero attached hydrogens (tertiary/aromatic N) is 1. The van der Waals surface area contributed by atoms with E-state index >= 15 is 0 Å². The minimum Gasteiger partial charge on any atom is -0.449 e. The molecular weight excluding hydrogens is 412 g/mol. The molecule has 2 aromatic carbocycles. The van der Waals surface area contributed by atoms with Crippen molar-refractivity contribution in [3.05, 3.63) is 54.6 Å². The molecule has 0 aromatic heterocycles. The lowest BCUT2D eigenvalue weighted by atomic mass is 10.2. The molecule has 0 aliphatic rings. The SMILES string of the molecule is CC(C)COC(=O)Nc1cccc(OC(=O)N(CCBr)c2ccccc2)c1. The number of hydrogen-bond donors (Lipinski definition) is 1. The van der Waals surface area contributed by atoms with Crippen LogP contribution in [0.4, 0.5) is 21.0 Å². The van der Waals surface area contributed by atoms with Crippen molar-refractivity contribution in [3.8, 4) is 5.75 Å². The maximum Gasteiger partial charge on any atom is 0.419 e. The molecule has 0 aliphatic carbocycles. The second kappa shape index (κ2) is 10.6. The number of amides is 2. The molecule has 7 heteroatoms. The molecule has 2 aromatic rings. The number of alkyl halides is 1. The molecule has 27 heavy (non-hydrogen) atoms. The molecule has 0 atom stereocenters. The second-order valence-corrected chi connectivity index (χ2v) is 6.98. The highest BCUT2D eigenvalue weighted by molar-refractivity contribution is 9.09. The summed E-state index contributed by atoms with van der Waals surface area (Å²) >= 11 is 3.35. The van der Waals surface area contributed by atoms with Gasteiger partial charge >= 0.3 is 12.2 Å². The Bertz CT molecular complexity index is 753. The zero-order valence-corrected chi connectivity index (χ0v) is 16.9. The minimum absolute atomic E-state index is 0.251. The van der Waals surface area contributed by atoms with Gasteiger partial charge in [0.25, 0.3) is 0 Å². The molecule has 0 bridgehead atoms. The van der Waals surface area contributed by atoms with Crippen LogP contribution in [-0.2, 0) is 4.74 Å². The minimum atomic E-state index is -0.544. The smallest absolute Gasteiger partial charge is 0.419 e. The number of nitrogens with one attached hydrogen (secondary N) is 1. The van der Waals surface area contributed by atoms with Crippen molar-refractivity contribution >= 4 is 39.5 Å². The second-order valence-electron chi connectivity index (χ2n) is 6.19. The number of hydrogen-bond acceptors (Lipinski definition) is 4. The zero-order chi connectivity index (χ0) is 19.6. The summed E-state index contributed by atoms with van der Waals surface area (Å²) in [7, 11) is 0. The number of rotatable bonds is 7. The molecule has 144 valence electrons. The van der Waals surface area contributed by atoms with Crippen molar-refractivity contribution in [2.24, 2.45) is 5.92 Å². The van der Waals surface area contributed by atoms with Crippen LogP contribution in [0.5, 0.6) is 5.75 Å². The Kier molecular flexibility index (Phi) is 8.13. The Labute approximate surface area is 167 Å². The van der Waals surface area contributed by atoms with E-state index < -0.39 is 12.2 Å². The highest BCUT2D eigenvalue weighted by atomic mass is 79.9. The number of carbonyl (C=O) groups is 2.